The molecular weight excluding hydrogens is 553 g/mol. The Kier molecular flexibility index (Phi) is 8.11. The van der Waals surface area contributed by atoms with Gasteiger partial charge in [-0.15, -0.1) is 18.3 Å². The molecule has 210 valence electrons. The molecule has 3 aromatic carbocycles. The molecular formula is C29H25F3N6O2S. The number of amidine groups is 1. The fourth-order valence-corrected chi connectivity index (χ4v) is 5.27. The third kappa shape index (κ3) is 6.95. The number of thioether (sulfide) groups is 1. The average molecular weight is 579 g/mol. The molecule has 1 fully saturated rings. The van der Waals surface area contributed by atoms with Crippen LogP contribution < -0.4 is 15.0 Å². The molecule has 2 amide bonds. The molecule has 1 saturated heterocycles. The van der Waals surface area contributed by atoms with Crippen LogP contribution in [-0.4, -0.2) is 44.6 Å². The van der Waals surface area contributed by atoms with E-state index in [1.54, 1.807) is 24.0 Å². The van der Waals surface area contributed by atoms with E-state index in [1.165, 1.54) is 35.3 Å². The second-order valence-electron chi connectivity index (χ2n) is 9.09. The number of carbonyl (C=O) groups excluding carboxylic acids is 1. The number of hydrogen-bond donors (Lipinski definition) is 1. The van der Waals surface area contributed by atoms with Crippen molar-refractivity contribution >= 4 is 34.7 Å². The van der Waals surface area contributed by atoms with E-state index in [-0.39, 0.29) is 5.75 Å². The van der Waals surface area contributed by atoms with Gasteiger partial charge in [-0.25, -0.2) is 14.5 Å². The summed E-state index contributed by atoms with van der Waals surface area (Å²) in [5.41, 5.74) is 5.49. The molecule has 0 radical (unpaired) electrons. The predicted octanol–water partition coefficient (Wildman–Crippen LogP) is 6.74. The maximum absolute atomic E-state index is 12.5. The predicted molar refractivity (Wildman–Crippen MR) is 154 cm³/mol. The molecule has 2 heterocycles. The van der Waals surface area contributed by atoms with Crippen molar-refractivity contribution in [3.8, 4) is 22.8 Å². The Morgan fingerprint density at radius 2 is 1.76 bits per heavy atom. The Balaban J connectivity index is 1.19. The average Bonchev–Trinajstić information content (AvgIpc) is 3.59. The number of urea groups is 1. The van der Waals surface area contributed by atoms with E-state index >= 15 is 0 Å². The lowest BCUT2D eigenvalue weighted by Crippen LogP contribution is -2.27. The smallest absolute Gasteiger partial charge is 0.406 e. The molecule has 0 atom stereocenters. The van der Waals surface area contributed by atoms with Crippen LogP contribution in [0.5, 0.6) is 5.75 Å². The number of halogens is 3. The standard InChI is InChI=1S/C29H25F3N6O2S/c1-19-4-3-5-20(2)25(19)37-16-17-41-28(37)35-27(39)33-15-14-21-6-8-22(9-7-21)26-34-18-38(36-26)23-10-12-24(13-11-23)40-29(30,31)32/h3-15,18H,16-17H2,1-2H3,(H,33,39)/b15-14+,35-28-. The van der Waals surface area contributed by atoms with E-state index in [9.17, 15) is 18.0 Å². The highest BCUT2D eigenvalue weighted by molar-refractivity contribution is 8.14. The zero-order valence-corrected chi connectivity index (χ0v) is 22.9. The quantitative estimate of drug-likeness (QED) is 0.273. The Hall–Kier alpha value is -4.58. The molecule has 12 heteroatoms. The first kappa shape index (κ1) is 28.0. The van der Waals surface area contributed by atoms with Gasteiger partial charge in [-0.05, 0) is 60.9 Å². The summed E-state index contributed by atoms with van der Waals surface area (Å²) in [6.45, 7) is 4.90. The molecule has 41 heavy (non-hydrogen) atoms. The van der Waals surface area contributed by atoms with Gasteiger partial charge in [0.1, 0.15) is 12.1 Å². The highest BCUT2D eigenvalue weighted by Gasteiger charge is 2.31. The van der Waals surface area contributed by atoms with Crippen LogP contribution >= 0.6 is 11.8 Å². The molecule has 0 aliphatic carbocycles. The van der Waals surface area contributed by atoms with Crippen LogP contribution in [0.15, 0.2) is 84.2 Å². The summed E-state index contributed by atoms with van der Waals surface area (Å²) in [5, 5.41) is 7.78. The van der Waals surface area contributed by atoms with E-state index in [0.717, 1.165) is 40.2 Å². The number of alkyl halides is 3. The SMILES string of the molecule is Cc1cccc(C)c1N1CCS/C1=N\C(=O)N/C=C/c1ccc(-c2ncn(-c3ccc(OC(F)(F)F)cc3)n2)cc1. The number of rotatable bonds is 6. The lowest BCUT2D eigenvalue weighted by Gasteiger charge is -2.22. The number of hydrogen-bond acceptors (Lipinski definition) is 5. The maximum atomic E-state index is 12.5. The van der Waals surface area contributed by atoms with Crippen LogP contribution in [0.1, 0.15) is 16.7 Å². The first-order valence-corrected chi connectivity index (χ1v) is 13.6. The van der Waals surface area contributed by atoms with Crippen LogP contribution in [0.25, 0.3) is 23.2 Å². The summed E-state index contributed by atoms with van der Waals surface area (Å²) in [5.74, 6) is 0.992. The number of aromatic nitrogens is 3. The summed E-state index contributed by atoms with van der Waals surface area (Å²) < 4.78 is 42.5. The third-order valence-corrected chi connectivity index (χ3v) is 7.12. The van der Waals surface area contributed by atoms with Crippen LogP contribution in [-0.2, 0) is 0 Å². The number of anilines is 1. The number of ether oxygens (including phenoxy) is 1. The van der Waals surface area contributed by atoms with Gasteiger partial charge in [0.15, 0.2) is 11.0 Å². The molecule has 0 saturated carbocycles. The minimum Gasteiger partial charge on any atom is -0.406 e. The van der Waals surface area contributed by atoms with Gasteiger partial charge >= 0.3 is 12.4 Å². The van der Waals surface area contributed by atoms with Gasteiger partial charge in [0.05, 0.1) is 5.69 Å². The van der Waals surface area contributed by atoms with Crippen molar-refractivity contribution in [1.29, 1.82) is 0 Å². The summed E-state index contributed by atoms with van der Waals surface area (Å²) >= 11 is 1.55. The fourth-order valence-electron chi connectivity index (χ4n) is 4.33. The molecule has 1 aliphatic rings. The fraction of sp³-hybridized carbons (Fsp3) is 0.172. The number of amides is 2. The highest BCUT2D eigenvalue weighted by Crippen LogP contribution is 2.31. The zero-order chi connectivity index (χ0) is 29.0. The monoisotopic (exact) mass is 578 g/mol. The van der Waals surface area contributed by atoms with Crippen molar-refractivity contribution in [3.63, 3.8) is 0 Å². The first-order chi connectivity index (χ1) is 19.7. The Morgan fingerprint density at radius 3 is 2.44 bits per heavy atom. The van der Waals surface area contributed by atoms with Crippen molar-refractivity contribution in [2.75, 3.05) is 17.2 Å². The van der Waals surface area contributed by atoms with Gasteiger partial charge in [0.25, 0.3) is 0 Å². The molecule has 8 nitrogen and oxygen atoms in total. The topological polar surface area (TPSA) is 84.6 Å². The highest BCUT2D eigenvalue weighted by atomic mass is 32.2. The van der Waals surface area contributed by atoms with Gasteiger partial charge in [0, 0.05) is 29.7 Å². The minimum absolute atomic E-state index is 0.314. The van der Waals surface area contributed by atoms with Gasteiger partial charge in [0.2, 0.25) is 0 Å². The second kappa shape index (κ2) is 11.9. The number of carbonyl (C=O) groups is 1. The molecule has 0 unspecified atom stereocenters. The third-order valence-electron chi connectivity index (χ3n) is 6.16. The number of benzene rings is 3. The maximum Gasteiger partial charge on any atom is 0.573 e. The second-order valence-corrected chi connectivity index (χ2v) is 10.2. The Morgan fingerprint density at radius 1 is 1.05 bits per heavy atom. The van der Waals surface area contributed by atoms with Crippen LogP contribution in [0, 0.1) is 13.8 Å². The lowest BCUT2D eigenvalue weighted by atomic mass is 10.1. The summed E-state index contributed by atoms with van der Waals surface area (Å²) in [7, 11) is 0. The lowest BCUT2D eigenvalue weighted by molar-refractivity contribution is -0.274. The first-order valence-electron chi connectivity index (χ1n) is 12.6. The van der Waals surface area contributed by atoms with E-state index in [2.05, 4.69) is 56.0 Å². The van der Waals surface area contributed by atoms with Crippen molar-refractivity contribution in [3.05, 3.63) is 95.9 Å². The summed E-state index contributed by atoms with van der Waals surface area (Å²) in [6.07, 6.45) is 0.0257. The van der Waals surface area contributed by atoms with Gasteiger partial charge in [-0.1, -0.05) is 54.2 Å². The Labute approximate surface area is 238 Å². The van der Waals surface area contributed by atoms with Crippen molar-refractivity contribution in [2.24, 2.45) is 4.99 Å². The number of aliphatic imine (C=N–C) groups is 1. The summed E-state index contributed by atoms with van der Waals surface area (Å²) in [4.78, 5) is 23.2. The van der Waals surface area contributed by atoms with E-state index in [1.807, 2.05) is 30.3 Å². The number of nitrogens with zero attached hydrogens (tertiary/aromatic N) is 5. The van der Waals surface area contributed by atoms with Gasteiger partial charge < -0.3 is 15.0 Å². The van der Waals surface area contributed by atoms with Crippen LogP contribution in [0.3, 0.4) is 0 Å². The van der Waals surface area contributed by atoms with E-state index in [0.29, 0.717) is 16.7 Å². The molecule has 4 aromatic rings. The van der Waals surface area contributed by atoms with E-state index < -0.39 is 12.4 Å². The molecule has 1 aromatic heterocycles. The Bertz CT molecular complexity index is 1580. The molecule has 1 aliphatic heterocycles. The van der Waals surface area contributed by atoms with Crippen molar-refractivity contribution < 1.29 is 22.7 Å². The van der Waals surface area contributed by atoms with Crippen molar-refractivity contribution in [2.45, 2.75) is 20.2 Å². The van der Waals surface area contributed by atoms with Crippen molar-refractivity contribution in [1.82, 2.24) is 20.1 Å². The normalized spacial score (nSPS) is 14.7. The largest absolute Gasteiger partial charge is 0.573 e. The zero-order valence-electron chi connectivity index (χ0n) is 22.1. The number of aryl methyl sites for hydroxylation is 2. The number of para-hydroxylation sites is 1. The number of nitrogens with one attached hydrogen (secondary N) is 1. The van der Waals surface area contributed by atoms with Crippen LogP contribution in [0.4, 0.5) is 23.7 Å². The summed E-state index contributed by atoms with van der Waals surface area (Å²) in [6, 6.07) is 18.4. The van der Waals surface area contributed by atoms with Gasteiger partial charge in [-0.3, -0.25) is 0 Å². The van der Waals surface area contributed by atoms with Gasteiger partial charge in [-0.2, -0.15) is 4.99 Å². The molecule has 0 spiro atoms. The molecule has 1 N–H and O–H groups in total. The van der Waals surface area contributed by atoms with Crippen LogP contribution in [0.2, 0.25) is 0 Å². The molecule has 5 rings (SSSR count). The molecule has 0 bridgehead atoms. The van der Waals surface area contributed by atoms with E-state index in [4.69, 9.17) is 0 Å². The minimum atomic E-state index is -4.75.